The Morgan fingerprint density at radius 2 is 1.86 bits per heavy atom. The molecule has 0 spiro atoms. The lowest BCUT2D eigenvalue weighted by Crippen LogP contribution is -2.18. The maximum atomic E-state index is 11.2. The number of hydrazone groups is 1. The molecule has 6 heteroatoms. The van der Waals surface area contributed by atoms with Crippen LogP contribution in [0, 0.1) is 17.0 Å². The highest BCUT2D eigenvalue weighted by Crippen LogP contribution is 2.37. The standard InChI is InChI=1S/C22H19N3O3/c1-15-12-16(10-11-22(15)26)20-14-21(17-6-5-9-19(13-17)25(27)28)24(23-20)18-7-3-2-4-8-18/h2-13,21,26H,14H2,1H3. The van der Waals surface area contributed by atoms with Gasteiger partial charge in [-0.15, -0.1) is 0 Å². The Morgan fingerprint density at radius 3 is 2.57 bits per heavy atom. The molecule has 1 atom stereocenters. The topological polar surface area (TPSA) is 79.0 Å². The van der Waals surface area contributed by atoms with Crippen molar-refractivity contribution in [3.8, 4) is 5.75 Å². The van der Waals surface area contributed by atoms with Gasteiger partial charge < -0.3 is 5.11 Å². The van der Waals surface area contributed by atoms with Crippen LogP contribution in [-0.2, 0) is 0 Å². The molecule has 1 N–H and O–H groups in total. The molecule has 28 heavy (non-hydrogen) atoms. The van der Waals surface area contributed by atoms with Crippen molar-refractivity contribution in [1.29, 1.82) is 0 Å². The minimum Gasteiger partial charge on any atom is -0.508 e. The summed E-state index contributed by atoms with van der Waals surface area (Å²) in [6.45, 7) is 1.85. The van der Waals surface area contributed by atoms with E-state index in [1.807, 2.05) is 60.5 Å². The Labute approximate surface area is 162 Å². The minimum atomic E-state index is -0.379. The molecule has 140 valence electrons. The first-order chi connectivity index (χ1) is 13.5. The number of hydrogen-bond donors (Lipinski definition) is 1. The van der Waals surface area contributed by atoms with Crippen molar-refractivity contribution in [3.63, 3.8) is 0 Å². The van der Waals surface area contributed by atoms with Crippen LogP contribution in [0.1, 0.15) is 29.2 Å². The number of non-ortho nitro benzene ring substituents is 1. The smallest absolute Gasteiger partial charge is 0.269 e. The normalized spacial score (nSPS) is 16.1. The van der Waals surface area contributed by atoms with Gasteiger partial charge in [0.2, 0.25) is 0 Å². The second-order valence-electron chi connectivity index (χ2n) is 6.80. The molecule has 0 aromatic heterocycles. The largest absolute Gasteiger partial charge is 0.508 e. The zero-order valence-corrected chi connectivity index (χ0v) is 15.3. The Kier molecular flexibility index (Phi) is 4.53. The van der Waals surface area contributed by atoms with Gasteiger partial charge in [0.1, 0.15) is 5.75 Å². The first-order valence-corrected chi connectivity index (χ1v) is 8.99. The predicted octanol–water partition coefficient (Wildman–Crippen LogP) is 4.96. The van der Waals surface area contributed by atoms with E-state index in [1.165, 1.54) is 6.07 Å². The highest BCUT2D eigenvalue weighted by Gasteiger charge is 2.30. The molecular weight excluding hydrogens is 354 g/mol. The number of rotatable bonds is 4. The van der Waals surface area contributed by atoms with Gasteiger partial charge in [-0.2, -0.15) is 5.10 Å². The van der Waals surface area contributed by atoms with Crippen LogP contribution in [0.5, 0.6) is 5.75 Å². The SMILES string of the molecule is Cc1cc(C2=NN(c3ccccc3)C(c3cccc([N+](=O)[O-])c3)C2)ccc1O. The molecule has 3 aromatic rings. The molecule has 0 aliphatic carbocycles. The molecule has 0 fully saturated rings. The quantitative estimate of drug-likeness (QED) is 0.517. The summed E-state index contributed by atoms with van der Waals surface area (Å²) >= 11 is 0. The summed E-state index contributed by atoms with van der Waals surface area (Å²) < 4.78 is 0. The highest BCUT2D eigenvalue weighted by molar-refractivity contribution is 6.03. The highest BCUT2D eigenvalue weighted by atomic mass is 16.6. The number of para-hydroxylation sites is 1. The van der Waals surface area contributed by atoms with Crippen LogP contribution in [0.4, 0.5) is 11.4 Å². The molecule has 0 saturated heterocycles. The Balaban J connectivity index is 1.77. The molecule has 1 heterocycles. The van der Waals surface area contributed by atoms with Gasteiger partial charge in [0.15, 0.2) is 0 Å². The fraction of sp³-hybridized carbons (Fsp3) is 0.136. The van der Waals surface area contributed by atoms with Crippen LogP contribution in [0.25, 0.3) is 0 Å². The van der Waals surface area contributed by atoms with E-state index >= 15 is 0 Å². The number of anilines is 1. The number of nitro benzene ring substituents is 1. The van der Waals surface area contributed by atoms with Crippen LogP contribution in [-0.4, -0.2) is 15.7 Å². The molecule has 3 aromatic carbocycles. The Bertz CT molecular complexity index is 1060. The van der Waals surface area contributed by atoms with E-state index in [0.29, 0.717) is 6.42 Å². The summed E-state index contributed by atoms with van der Waals surface area (Å²) in [5.74, 6) is 0.248. The number of phenolic OH excluding ortho intramolecular Hbond substituents is 1. The van der Waals surface area contributed by atoms with Gasteiger partial charge in [0.25, 0.3) is 5.69 Å². The summed E-state index contributed by atoms with van der Waals surface area (Å²) in [6.07, 6.45) is 0.611. The molecule has 1 aliphatic heterocycles. The van der Waals surface area contributed by atoms with Crippen LogP contribution in [0.2, 0.25) is 0 Å². The molecule has 0 radical (unpaired) electrons. The van der Waals surface area contributed by atoms with Crippen LogP contribution < -0.4 is 5.01 Å². The molecule has 1 aliphatic rings. The fourth-order valence-electron chi connectivity index (χ4n) is 3.44. The van der Waals surface area contributed by atoms with Crippen LogP contribution in [0.15, 0.2) is 77.9 Å². The van der Waals surface area contributed by atoms with Crippen molar-refractivity contribution in [2.75, 3.05) is 5.01 Å². The van der Waals surface area contributed by atoms with E-state index in [4.69, 9.17) is 5.10 Å². The predicted molar refractivity (Wildman–Crippen MR) is 109 cm³/mol. The molecule has 4 rings (SSSR count). The second kappa shape index (κ2) is 7.15. The van der Waals surface area contributed by atoms with E-state index < -0.39 is 0 Å². The van der Waals surface area contributed by atoms with E-state index in [2.05, 4.69) is 0 Å². The van der Waals surface area contributed by atoms with Crippen molar-refractivity contribution in [3.05, 3.63) is 99.6 Å². The molecule has 0 saturated carbocycles. The molecular formula is C22H19N3O3. The summed E-state index contributed by atoms with van der Waals surface area (Å²) in [5.41, 5.74) is 4.43. The van der Waals surface area contributed by atoms with Gasteiger partial charge in [0, 0.05) is 18.6 Å². The van der Waals surface area contributed by atoms with Gasteiger partial charge in [-0.3, -0.25) is 15.1 Å². The van der Waals surface area contributed by atoms with E-state index in [9.17, 15) is 15.2 Å². The third kappa shape index (κ3) is 3.32. The number of nitro groups is 1. The number of aromatic hydroxyl groups is 1. The molecule has 6 nitrogen and oxygen atoms in total. The van der Waals surface area contributed by atoms with Crippen molar-refractivity contribution in [2.45, 2.75) is 19.4 Å². The zero-order chi connectivity index (χ0) is 19.7. The number of hydrogen-bond acceptors (Lipinski definition) is 5. The summed E-state index contributed by atoms with van der Waals surface area (Å²) in [6, 6.07) is 21.8. The maximum absolute atomic E-state index is 11.2. The lowest BCUT2D eigenvalue weighted by molar-refractivity contribution is -0.384. The average Bonchev–Trinajstić information content (AvgIpc) is 3.16. The lowest BCUT2D eigenvalue weighted by atomic mass is 9.97. The maximum Gasteiger partial charge on any atom is 0.269 e. The van der Waals surface area contributed by atoms with Crippen molar-refractivity contribution in [1.82, 2.24) is 0 Å². The minimum absolute atomic E-state index is 0.0689. The van der Waals surface area contributed by atoms with Gasteiger partial charge in [-0.1, -0.05) is 30.3 Å². The summed E-state index contributed by atoms with van der Waals surface area (Å²) in [7, 11) is 0. The molecule has 1 unspecified atom stereocenters. The first-order valence-electron chi connectivity index (χ1n) is 8.99. The van der Waals surface area contributed by atoms with Gasteiger partial charge in [-0.25, -0.2) is 0 Å². The number of phenols is 1. The Morgan fingerprint density at radius 1 is 1.07 bits per heavy atom. The van der Waals surface area contributed by atoms with E-state index in [0.717, 1.165) is 28.1 Å². The third-order valence-electron chi connectivity index (χ3n) is 4.93. The fourth-order valence-corrected chi connectivity index (χ4v) is 3.44. The van der Waals surface area contributed by atoms with Gasteiger partial charge in [-0.05, 0) is 53.9 Å². The zero-order valence-electron chi connectivity index (χ0n) is 15.3. The van der Waals surface area contributed by atoms with E-state index in [-0.39, 0.29) is 22.4 Å². The van der Waals surface area contributed by atoms with Crippen LogP contribution in [0.3, 0.4) is 0 Å². The number of nitrogens with zero attached hydrogens (tertiary/aromatic N) is 3. The van der Waals surface area contributed by atoms with Crippen molar-refractivity contribution >= 4 is 17.1 Å². The van der Waals surface area contributed by atoms with Crippen molar-refractivity contribution < 1.29 is 10.0 Å². The molecule has 0 amide bonds. The molecule has 0 bridgehead atoms. The monoisotopic (exact) mass is 373 g/mol. The summed E-state index contributed by atoms with van der Waals surface area (Å²) in [4.78, 5) is 10.8. The van der Waals surface area contributed by atoms with Gasteiger partial charge >= 0.3 is 0 Å². The first kappa shape index (κ1) is 17.7. The van der Waals surface area contributed by atoms with E-state index in [1.54, 1.807) is 18.2 Å². The van der Waals surface area contributed by atoms with Gasteiger partial charge in [0.05, 0.1) is 22.4 Å². The second-order valence-corrected chi connectivity index (χ2v) is 6.80. The number of benzene rings is 3. The summed E-state index contributed by atoms with van der Waals surface area (Å²) in [5, 5.41) is 27.8. The number of aryl methyl sites for hydroxylation is 1. The Hall–Kier alpha value is -3.67. The lowest BCUT2D eigenvalue weighted by Gasteiger charge is -2.23. The average molecular weight is 373 g/mol. The third-order valence-corrected chi connectivity index (χ3v) is 4.93. The van der Waals surface area contributed by atoms with Crippen LogP contribution >= 0.6 is 0 Å². The van der Waals surface area contributed by atoms with Crippen molar-refractivity contribution in [2.24, 2.45) is 5.10 Å².